The molecule has 6 nitrogen and oxygen atoms in total. The Morgan fingerprint density at radius 2 is 2.12 bits per heavy atom. The van der Waals surface area contributed by atoms with Gasteiger partial charge >= 0.3 is 0 Å². The Morgan fingerprint density at radius 1 is 1.21 bits per heavy atom. The molecule has 6 heteroatoms. The van der Waals surface area contributed by atoms with Gasteiger partial charge in [-0.15, -0.1) is 0 Å². The van der Waals surface area contributed by atoms with Gasteiger partial charge in [0.1, 0.15) is 0 Å². The first-order chi connectivity index (χ1) is 11.8. The molecule has 2 aromatic heterocycles. The highest BCUT2D eigenvalue weighted by Crippen LogP contribution is 2.30. The standard InChI is InChI=1S/C18H19N5O/c24-18(7-11-22-13-21-14-4-1-2-5-16(14)22)23-10-3-6-17(23)15-12-19-8-9-20-15/h1-2,4-5,8-9,12-13,17H,3,6-7,10-11H2/t17-/m1/s1. The highest BCUT2D eigenvalue weighted by atomic mass is 16.2. The maximum Gasteiger partial charge on any atom is 0.224 e. The summed E-state index contributed by atoms with van der Waals surface area (Å²) < 4.78 is 2.04. The average molecular weight is 321 g/mol. The molecule has 4 rings (SSSR count). The van der Waals surface area contributed by atoms with E-state index in [2.05, 4.69) is 15.0 Å². The average Bonchev–Trinajstić information content (AvgIpc) is 3.28. The van der Waals surface area contributed by atoms with Crippen LogP contribution in [0.5, 0.6) is 0 Å². The predicted molar refractivity (Wildman–Crippen MR) is 90.1 cm³/mol. The fourth-order valence-corrected chi connectivity index (χ4v) is 3.40. The zero-order chi connectivity index (χ0) is 16.4. The summed E-state index contributed by atoms with van der Waals surface area (Å²) in [4.78, 5) is 27.5. The van der Waals surface area contributed by atoms with Gasteiger partial charge in [0, 0.05) is 31.9 Å². The molecule has 1 amide bonds. The van der Waals surface area contributed by atoms with Crippen molar-refractivity contribution >= 4 is 16.9 Å². The lowest BCUT2D eigenvalue weighted by atomic mass is 10.1. The van der Waals surface area contributed by atoms with E-state index in [4.69, 9.17) is 0 Å². The van der Waals surface area contributed by atoms with Crippen LogP contribution in [0, 0.1) is 0 Å². The number of hydrogen-bond acceptors (Lipinski definition) is 4. The number of aromatic nitrogens is 4. The van der Waals surface area contributed by atoms with E-state index in [1.807, 2.05) is 40.1 Å². The molecular formula is C18H19N5O. The van der Waals surface area contributed by atoms with Gasteiger partial charge in [0.15, 0.2) is 0 Å². The van der Waals surface area contributed by atoms with E-state index in [0.717, 1.165) is 36.1 Å². The van der Waals surface area contributed by atoms with E-state index in [0.29, 0.717) is 13.0 Å². The summed E-state index contributed by atoms with van der Waals surface area (Å²) in [6, 6.07) is 8.04. The van der Waals surface area contributed by atoms with Gasteiger partial charge in [0.2, 0.25) is 5.91 Å². The molecule has 0 unspecified atom stereocenters. The van der Waals surface area contributed by atoms with Gasteiger partial charge in [0.05, 0.1) is 35.3 Å². The number of carbonyl (C=O) groups is 1. The summed E-state index contributed by atoms with van der Waals surface area (Å²) in [7, 11) is 0. The molecule has 0 N–H and O–H groups in total. The molecule has 3 heterocycles. The van der Waals surface area contributed by atoms with Gasteiger partial charge in [-0.05, 0) is 25.0 Å². The number of aryl methyl sites for hydroxylation is 1. The molecule has 1 aliphatic rings. The van der Waals surface area contributed by atoms with Gasteiger partial charge in [-0.1, -0.05) is 12.1 Å². The van der Waals surface area contributed by atoms with Gasteiger partial charge < -0.3 is 9.47 Å². The molecule has 3 aromatic rings. The van der Waals surface area contributed by atoms with Gasteiger partial charge in [-0.3, -0.25) is 14.8 Å². The Labute approximate surface area is 140 Å². The van der Waals surface area contributed by atoms with Crippen molar-refractivity contribution < 1.29 is 4.79 Å². The summed E-state index contributed by atoms with van der Waals surface area (Å²) in [6.07, 6.45) is 9.36. The van der Waals surface area contributed by atoms with Crippen LogP contribution in [0.1, 0.15) is 31.0 Å². The summed E-state index contributed by atoms with van der Waals surface area (Å²) >= 11 is 0. The van der Waals surface area contributed by atoms with Crippen molar-refractivity contribution in [3.63, 3.8) is 0 Å². The molecule has 1 aromatic carbocycles. The van der Waals surface area contributed by atoms with Gasteiger partial charge in [-0.2, -0.15) is 0 Å². The van der Waals surface area contributed by atoms with Crippen molar-refractivity contribution in [2.24, 2.45) is 0 Å². The molecular weight excluding hydrogens is 302 g/mol. The van der Waals surface area contributed by atoms with Crippen molar-refractivity contribution in [3.05, 3.63) is 54.9 Å². The first-order valence-electron chi connectivity index (χ1n) is 8.28. The zero-order valence-electron chi connectivity index (χ0n) is 13.4. The van der Waals surface area contributed by atoms with Crippen LogP contribution in [0.4, 0.5) is 0 Å². The third-order valence-electron chi connectivity index (χ3n) is 4.59. The minimum Gasteiger partial charge on any atom is -0.334 e. The second-order valence-electron chi connectivity index (χ2n) is 6.05. The van der Waals surface area contributed by atoms with E-state index in [1.54, 1.807) is 18.6 Å². The number of hydrogen-bond donors (Lipinski definition) is 0. The van der Waals surface area contributed by atoms with Crippen LogP contribution in [0.25, 0.3) is 11.0 Å². The summed E-state index contributed by atoms with van der Waals surface area (Å²) in [5.41, 5.74) is 2.91. The largest absolute Gasteiger partial charge is 0.334 e. The Kier molecular flexibility index (Phi) is 3.94. The molecule has 0 spiro atoms. The van der Waals surface area contributed by atoms with Crippen LogP contribution >= 0.6 is 0 Å². The highest BCUT2D eigenvalue weighted by Gasteiger charge is 2.30. The molecule has 1 atom stereocenters. The fourth-order valence-electron chi connectivity index (χ4n) is 3.40. The molecule has 0 aliphatic carbocycles. The van der Waals surface area contributed by atoms with Crippen LogP contribution in [0.3, 0.4) is 0 Å². The van der Waals surface area contributed by atoms with Crippen LogP contribution in [-0.2, 0) is 11.3 Å². The van der Waals surface area contributed by atoms with E-state index >= 15 is 0 Å². The lowest BCUT2D eigenvalue weighted by Gasteiger charge is -2.24. The quantitative estimate of drug-likeness (QED) is 0.741. The van der Waals surface area contributed by atoms with E-state index in [1.165, 1.54) is 0 Å². The molecule has 122 valence electrons. The molecule has 1 saturated heterocycles. The Bertz CT molecular complexity index is 845. The van der Waals surface area contributed by atoms with E-state index in [9.17, 15) is 4.79 Å². The highest BCUT2D eigenvalue weighted by molar-refractivity contribution is 5.78. The summed E-state index contributed by atoms with van der Waals surface area (Å²) in [5.74, 6) is 0.168. The number of likely N-dealkylation sites (tertiary alicyclic amines) is 1. The number of benzene rings is 1. The minimum absolute atomic E-state index is 0.0609. The number of amides is 1. The van der Waals surface area contributed by atoms with Gasteiger partial charge in [-0.25, -0.2) is 4.98 Å². The van der Waals surface area contributed by atoms with Crippen LogP contribution in [0.2, 0.25) is 0 Å². The third kappa shape index (κ3) is 2.75. The van der Waals surface area contributed by atoms with Crippen molar-refractivity contribution in [2.75, 3.05) is 6.54 Å². The number of imidazole rings is 1. The van der Waals surface area contributed by atoms with E-state index in [-0.39, 0.29) is 11.9 Å². The number of fused-ring (bicyclic) bond motifs is 1. The monoisotopic (exact) mass is 321 g/mol. The zero-order valence-corrected chi connectivity index (χ0v) is 13.4. The van der Waals surface area contributed by atoms with Crippen molar-refractivity contribution in [3.8, 4) is 0 Å². The maximum absolute atomic E-state index is 12.7. The lowest BCUT2D eigenvalue weighted by molar-refractivity contribution is -0.132. The number of para-hydroxylation sites is 2. The first kappa shape index (κ1) is 14.8. The molecule has 1 aliphatic heterocycles. The summed E-state index contributed by atoms with van der Waals surface area (Å²) in [6.45, 7) is 1.44. The van der Waals surface area contributed by atoms with Crippen molar-refractivity contribution in [2.45, 2.75) is 31.8 Å². The first-order valence-corrected chi connectivity index (χ1v) is 8.28. The molecule has 0 saturated carbocycles. The number of rotatable bonds is 4. The van der Waals surface area contributed by atoms with Crippen LogP contribution < -0.4 is 0 Å². The SMILES string of the molecule is O=C(CCn1cnc2ccccc21)N1CCC[C@@H]1c1cnccn1. The molecule has 0 bridgehead atoms. The van der Waals surface area contributed by atoms with Gasteiger partial charge in [0.25, 0.3) is 0 Å². The Hall–Kier alpha value is -2.76. The van der Waals surface area contributed by atoms with Crippen molar-refractivity contribution in [1.29, 1.82) is 0 Å². The molecule has 0 radical (unpaired) electrons. The Morgan fingerprint density at radius 3 is 3.00 bits per heavy atom. The maximum atomic E-state index is 12.7. The topological polar surface area (TPSA) is 63.9 Å². The molecule has 24 heavy (non-hydrogen) atoms. The lowest BCUT2D eigenvalue weighted by Crippen LogP contribution is -2.31. The second kappa shape index (κ2) is 6.39. The number of carbonyl (C=O) groups excluding carboxylic acids is 1. The van der Waals surface area contributed by atoms with Crippen LogP contribution in [-0.4, -0.2) is 36.9 Å². The smallest absolute Gasteiger partial charge is 0.224 e. The predicted octanol–water partition coefficient (Wildman–Crippen LogP) is 2.58. The second-order valence-corrected chi connectivity index (χ2v) is 6.05. The minimum atomic E-state index is 0.0609. The molecule has 1 fully saturated rings. The van der Waals surface area contributed by atoms with Crippen LogP contribution in [0.15, 0.2) is 49.2 Å². The van der Waals surface area contributed by atoms with Crippen molar-refractivity contribution in [1.82, 2.24) is 24.4 Å². The number of nitrogens with zero attached hydrogens (tertiary/aromatic N) is 5. The Balaban J connectivity index is 1.46. The summed E-state index contributed by atoms with van der Waals surface area (Å²) in [5, 5.41) is 0. The fraction of sp³-hybridized carbons (Fsp3) is 0.333. The van der Waals surface area contributed by atoms with E-state index < -0.39 is 0 Å². The normalized spacial score (nSPS) is 17.5. The third-order valence-corrected chi connectivity index (χ3v) is 4.59.